The van der Waals surface area contributed by atoms with E-state index in [2.05, 4.69) is 15.2 Å². The highest BCUT2D eigenvalue weighted by Gasteiger charge is 2.23. The number of hydrogen-bond acceptors (Lipinski definition) is 6. The highest BCUT2D eigenvalue weighted by atomic mass is 35.7. The second-order valence-electron chi connectivity index (χ2n) is 3.83. The van der Waals surface area contributed by atoms with E-state index in [1.54, 1.807) is 20.8 Å². The molecule has 2 rings (SSSR count). The van der Waals surface area contributed by atoms with Crippen molar-refractivity contribution in [1.82, 2.24) is 19.9 Å². The number of rotatable bonds is 3. The van der Waals surface area contributed by atoms with Crippen molar-refractivity contribution < 1.29 is 12.9 Å². The van der Waals surface area contributed by atoms with Crippen LogP contribution in [0.15, 0.2) is 9.42 Å². The van der Waals surface area contributed by atoms with Gasteiger partial charge in [0.1, 0.15) is 11.4 Å². The predicted molar refractivity (Wildman–Crippen MR) is 62.9 cm³/mol. The Morgan fingerprint density at radius 2 is 2.00 bits per heavy atom. The van der Waals surface area contributed by atoms with Gasteiger partial charge in [-0.3, -0.25) is 4.68 Å². The third-order valence-corrected chi connectivity index (χ3v) is 3.96. The van der Waals surface area contributed by atoms with Crippen LogP contribution >= 0.6 is 10.7 Å². The summed E-state index contributed by atoms with van der Waals surface area (Å²) in [5.74, 6) is 0.869. The summed E-state index contributed by atoms with van der Waals surface area (Å²) in [6.45, 7) is 5.12. The minimum Gasteiger partial charge on any atom is -0.340 e. The first-order chi connectivity index (χ1) is 8.29. The zero-order chi connectivity index (χ0) is 13.5. The molecule has 2 aromatic rings. The van der Waals surface area contributed by atoms with Crippen LogP contribution in [0.5, 0.6) is 0 Å². The summed E-state index contributed by atoms with van der Waals surface area (Å²) in [6.07, 6.45) is 0. The first-order valence-corrected chi connectivity index (χ1v) is 7.38. The van der Waals surface area contributed by atoms with Crippen molar-refractivity contribution in [2.75, 3.05) is 0 Å². The van der Waals surface area contributed by atoms with Gasteiger partial charge in [-0.25, -0.2) is 8.42 Å². The van der Waals surface area contributed by atoms with E-state index in [0.29, 0.717) is 23.1 Å². The van der Waals surface area contributed by atoms with Crippen LogP contribution in [0, 0.1) is 20.8 Å². The SMILES string of the molecule is Cc1nc(Cn2nc(C)c(S(=O)(=O)Cl)c2C)no1. The zero-order valence-corrected chi connectivity index (χ0v) is 11.6. The van der Waals surface area contributed by atoms with E-state index >= 15 is 0 Å². The topological polar surface area (TPSA) is 90.9 Å². The van der Waals surface area contributed by atoms with Crippen LogP contribution in [0.2, 0.25) is 0 Å². The Labute approximate surface area is 108 Å². The van der Waals surface area contributed by atoms with Crippen molar-refractivity contribution in [2.24, 2.45) is 0 Å². The molecule has 0 spiro atoms. The average molecular weight is 291 g/mol. The van der Waals surface area contributed by atoms with Gasteiger partial charge >= 0.3 is 0 Å². The molecule has 0 fully saturated rings. The van der Waals surface area contributed by atoms with Gasteiger partial charge in [-0.15, -0.1) is 0 Å². The first kappa shape index (κ1) is 13.0. The summed E-state index contributed by atoms with van der Waals surface area (Å²) in [6, 6.07) is 0. The standard InChI is InChI=1S/C9H11ClN4O3S/c1-5-9(18(10,15)16)6(2)14(12-5)4-8-11-7(3)17-13-8/h4H2,1-3H3. The fraction of sp³-hybridized carbons (Fsp3) is 0.444. The Morgan fingerprint density at radius 1 is 1.33 bits per heavy atom. The zero-order valence-electron chi connectivity index (χ0n) is 10.0. The second-order valence-corrected chi connectivity index (χ2v) is 6.33. The predicted octanol–water partition coefficient (Wildman–Crippen LogP) is 1.17. The van der Waals surface area contributed by atoms with Gasteiger partial charge < -0.3 is 4.52 Å². The normalized spacial score (nSPS) is 12.0. The molecule has 0 aliphatic rings. The Kier molecular flexibility index (Phi) is 3.16. The van der Waals surface area contributed by atoms with Crippen LogP contribution in [0.3, 0.4) is 0 Å². The minimum absolute atomic E-state index is 0.0318. The Hall–Kier alpha value is -1.41. The molecule has 7 nitrogen and oxygen atoms in total. The molecule has 0 unspecified atom stereocenters. The quantitative estimate of drug-likeness (QED) is 0.788. The Balaban J connectivity index is 2.42. The molecule has 18 heavy (non-hydrogen) atoms. The van der Waals surface area contributed by atoms with Crippen LogP contribution in [-0.2, 0) is 15.6 Å². The van der Waals surface area contributed by atoms with Gasteiger partial charge in [0.15, 0.2) is 5.82 Å². The van der Waals surface area contributed by atoms with E-state index in [9.17, 15) is 8.42 Å². The molecule has 2 heterocycles. The number of aryl methyl sites for hydroxylation is 2. The molecule has 0 amide bonds. The summed E-state index contributed by atoms with van der Waals surface area (Å²) >= 11 is 0. The van der Waals surface area contributed by atoms with Crippen LogP contribution in [-0.4, -0.2) is 28.3 Å². The number of aromatic nitrogens is 4. The van der Waals surface area contributed by atoms with Crippen molar-refractivity contribution in [2.45, 2.75) is 32.2 Å². The van der Waals surface area contributed by atoms with E-state index in [4.69, 9.17) is 15.2 Å². The molecule has 0 aliphatic carbocycles. The highest BCUT2D eigenvalue weighted by molar-refractivity contribution is 8.13. The maximum atomic E-state index is 11.4. The van der Waals surface area contributed by atoms with Crippen molar-refractivity contribution in [3.63, 3.8) is 0 Å². The maximum absolute atomic E-state index is 11.4. The number of hydrogen-bond donors (Lipinski definition) is 0. The van der Waals surface area contributed by atoms with Gasteiger partial charge in [-0.05, 0) is 13.8 Å². The molecule has 0 saturated heterocycles. The monoisotopic (exact) mass is 290 g/mol. The van der Waals surface area contributed by atoms with Crippen molar-refractivity contribution in [3.05, 3.63) is 23.1 Å². The second kappa shape index (κ2) is 4.36. The van der Waals surface area contributed by atoms with Crippen LogP contribution in [0.25, 0.3) is 0 Å². The molecule has 0 radical (unpaired) electrons. The molecule has 9 heteroatoms. The fourth-order valence-corrected chi connectivity index (χ4v) is 3.25. The molecule has 2 aromatic heterocycles. The third kappa shape index (κ3) is 2.39. The van der Waals surface area contributed by atoms with E-state index < -0.39 is 9.05 Å². The van der Waals surface area contributed by atoms with Gasteiger partial charge in [-0.2, -0.15) is 10.1 Å². The Bertz CT molecular complexity index is 689. The summed E-state index contributed by atoms with van der Waals surface area (Å²) in [5, 5.41) is 7.84. The van der Waals surface area contributed by atoms with Gasteiger partial charge in [0.25, 0.3) is 9.05 Å². The molecular weight excluding hydrogens is 280 g/mol. The molecule has 0 aromatic carbocycles. The van der Waals surface area contributed by atoms with Gasteiger partial charge in [-0.1, -0.05) is 5.16 Å². The lowest BCUT2D eigenvalue weighted by molar-refractivity contribution is 0.385. The minimum atomic E-state index is -3.81. The van der Waals surface area contributed by atoms with Crippen molar-refractivity contribution >= 4 is 19.7 Å². The summed E-state index contributed by atoms with van der Waals surface area (Å²) in [7, 11) is 1.55. The average Bonchev–Trinajstić information content (AvgIpc) is 2.71. The largest absolute Gasteiger partial charge is 0.340 e. The molecular formula is C9H11ClN4O3S. The van der Waals surface area contributed by atoms with E-state index in [0.717, 1.165) is 0 Å². The van der Waals surface area contributed by atoms with E-state index in [-0.39, 0.29) is 11.4 Å². The number of halogens is 1. The Morgan fingerprint density at radius 3 is 2.44 bits per heavy atom. The van der Waals surface area contributed by atoms with E-state index in [1.165, 1.54) is 4.68 Å². The molecule has 0 aliphatic heterocycles. The third-order valence-electron chi connectivity index (χ3n) is 2.42. The molecule has 0 bridgehead atoms. The summed E-state index contributed by atoms with van der Waals surface area (Å²) in [4.78, 5) is 4.06. The lowest BCUT2D eigenvalue weighted by atomic mass is 10.4. The molecule has 0 atom stereocenters. The lowest BCUT2D eigenvalue weighted by Gasteiger charge is -2.00. The van der Waals surface area contributed by atoms with E-state index in [1.807, 2.05) is 0 Å². The van der Waals surface area contributed by atoms with Gasteiger partial charge in [0.05, 0.1) is 11.4 Å². The fourth-order valence-electron chi connectivity index (χ4n) is 1.73. The first-order valence-electron chi connectivity index (χ1n) is 5.07. The highest BCUT2D eigenvalue weighted by Crippen LogP contribution is 2.23. The summed E-state index contributed by atoms with van der Waals surface area (Å²) < 4.78 is 29.1. The summed E-state index contributed by atoms with van der Waals surface area (Å²) in [5.41, 5.74) is 0.799. The van der Waals surface area contributed by atoms with Crippen LogP contribution < -0.4 is 0 Å². The van der Waals surface area contributed by atoms with Gasteiger partial charge in [0, 0.05) is 17.6 Å². The van der Waals surface area contributed by atoms with Crippen LogP contribution in [0.4, 0.5) is 0 Å². The lowest BCUT2D eigenvalue weighted by Crippen LogP contribution is -2.06. The molecule has 0 saturated carbocycles. The van der Waals surface area contributed by atoms with Crippen LogP contribution in [0.1, 0.15) is 23.1 Å². The van der Waals surface area contributed by atoms with Crippen molar-refractivity contribution in [3.8, 4) is 0 Å². The number of nitrogens with zero attached hydrogens (tertiary/aromatic N) is 4. The molecule has 98 valence electrons. The smallest absolute Gasteiger partial charge is 0.264 e. The van der Waals surface area contributed by atoms with Gasteiger partial charge in [0.2, 0.25) is 5.89 Å². The molecule has 0 N–H and O–H groups in total. The van der Waals surface area contributed by atoms with Crippen molar-refractivity contribution in [1.29, 1.82) is 0 Å². The maximum Gasteiger partial charge on any atom is 0.264 e.